The zero-order valence-corrected chi connectivity index (χ0v) is 12.9. The highest BCUT2D eigenvalue weighted by molar-refractivity contribution is 6.21. The van der Waals surface area contributed by atoms with Gasteiger partial charge in [-0.2, -0.15) is 5.10 Å². The van der Waals surface area contributed by atoms with Crippen molar-refractivity contribution in [2.45, 2.75) is 6.92 Å². The van der Waals surface area contributed by atoms with Crippen LogP contribution < -0.4 is 4.90 Å². The highest BCUT2D eigenvalue weighted by Gasteiger charge is 2.32. The van der Waals surface area contributed by atoms with Crippen molar-refractivity contribution in [2.75, 3.05) is 11.9 Å². The standard InChI is InChI=1S/C15H13N5O4/c1-9-7-10(19(21)22)4-6-14(9)18(2)15-12-8-11(20(23)24)3-5-13(12)16-17-15/h3-8,12H,1-2H3. The van der Waals surface area contributed by atoms with E-state index in [1.807, 2.05) is 0 Å². The molecule has 1 unspecified atom stereocenters. The molecule has 1 aliphatic heterocycles. The van der Waals surface area contributed by atoms with E-state index in [-0.39, 0.29) is 11.4 Å². The summed E-state index contributed by atoms with van der Waals surface area (Å²) in [6.45, 7) is 1.76. The number of nitrogens with zero attached hydrogens (tertiary/aromatic N) is 5. The summed E-state index contributed by atoms with van der Waals surface area (Å²) in [4.78, 5) is 22.7. The van der Waals surface area contributed by atoms with Crippen LogP contribution in [-0.2, 0) is 0 Å². The second kappa shape index (κ2) is 5.69. The Morgan fingerprint density at radius 1 is 1.12 bits per heavy atom. The molecule has 3 rings (SSSR count). The normalized spacial score (nSPS) is 18.4. The van der Waals surface area contributed by atoms with Gasteiger partial charge in [-0.15, -0.1) is 5.10 Å². The van der Waals surface area contributed by atoms with E-state index in [2.05, 4.69) is 10.2 Å². The van der Waals surface area contributed by atoms with E-state index in [4.69, 9.17) is 0 Å². The highest BCUT2D eigenvalue weighted by Crippen LogP contribution is 2.29. The zero-order valence-electron chi connectivity index (χ0n) is 12.9. The molecule has 9 nitrogen and oxygen atoms in total. The van der Waals surface area contributed by atoms with Gasteiger partial charge in [0.05, 0.1) is 21.5 Å². The molecule has 0 N–H and O–H groups in total. The van der Waals surface area contributed by atoms with Gasteiger partial charge in [-0.1, -0.05) is 0 Å². The monoisotopic (exact) mass is 327 g/mol. The van der Waals surface area contributed by atoms with Crippen LogP contribution in [0, 0.1) is 33.1 Å². The largest absolute Gasteiger partial charge is 0.330 e. The summed E-state index contributed by atoms with van der Waals surface area (Å²) in [5, 5.41) is 30.0. The predicted octanol–water partition coefficient (Wildman–Crippen LogP) is 2.45. The number of aryl methyl sites for hydroxylation is 1. The summed E-state index contributed by atoms with van der Waals surface area (Å²) < 4.78 is 0. The Balaban J connectivity index is 1.92. The molecular weight excluding hydrogens is 314 g/mol. The molecule has 0 amide bonds. The molecule has 122 valence electrons. The van der Waals surface area contributed by atoms with Crippen LogP contribution >= 0.6 is 0 Å². The van der Waals surface area contributed by atoms with Crippen molar-refractivity contribution in [3.05, 3.63) is 67.9 Å². The van der Waals surface area contributed by atoms with Gasteiger partial charge in [0.1, 0.15) is 5.84 Å². The maximum atomic E-state index is 11.0. The van der Waals surface area contributed by atoms with Crippen LogP contribution in [0.15, 0.2) is 52.3 Å². The van der Waals surface area contributed by atoms with E-state index < -0.39 is 15.8 Å². The fourth-order valence-electron chi connectivity index (χ4n) is 2.71. The smallest absolute Gasteiger partial charge is 0.269 e. The third-order valence-electron chi connectivity index (χ3n) is 3.93. The lowest BCUT2D eigenvalue weighted by Gasteiger charge is -2.24. The lowest BCUT2D eigenvalue weighted by Crippen LogP contribution is -2.34. The van der Waals surface area contributed by atoms with Crippen molar-refractivity contribution in [1.29, 1.82) is 0 Å². The molecule has 1 atom stereocenters. The van der Waals surface area contributed by atoms with Crippen molar-refractivity contribution in [1.82, 2.24) is 0 Å². The number of non-ortho nitro benzene ring substituents is 1. The average molecular weight is 327 g/mol. The Hall–Kier alpha value is -3.36. The summed E-state index contributed by atoms with van der Waals surface area (Å²) in [5.41, 5.74) is 2.05. The van der Waals surface area contributed by atoms with Crippen LogP contribution in [0.2, 0.25) is 0 Å². The van der Waals surface area contributed by atoms with Crippen LogP contribution in [0.3, 0.4) is 0 Å². The van der Waals surface area contributed by atoms with Gasteiger partial charge >= 0.3 is 0 Å². The minimum atomic E-state index is -0.458. The molecule has 0 saturated carbocycles. The van der Waals surface area contributed by atoms with E-state index in [1.54, 1.807) is 31.0 Å². The second-order valence-corrected chi connectivity index (χ2v) is 5.43. The molecule has 2 aliphatic rings. The molecule has 0 spiro atoms. The number of anilines is 1. The average Bonchev–Trinajstić information content (AvgIpc) is 2.97. The number of hydrogen-bond donors (Lipinski definition) is 0. The lowest BCUT2D eigenvalue weighted by atomic mass is 9.95. The van der Waals surface area contributed by atoms with E-state index in [1.165, 1.54) is 24.3 Å². The summed E-state index contributed by atoms with van der Waals surface area (Å²) in [6, 6.07) is 4.52. The van der Waals surface area contributed by atoms with Crippen LogP contribution in [0.4, 0.5) is 11.4 Å². The first kappa shape index (κ1) is 15.5. The van der Waals surface area contributed by atoms with Crippen molar-refractivity contribution in [3.8, 4) is 0 Å². The maximum absolute atomic E-state index is 11.0. The molecule has 0 radical (unpaired) electrons. The maximum Gasteiger partial charge on any atom is 0.269 e. The number of benzene rings is 1. The number of amidine groups is 1. The van der Waals surface area contributed by atoms with Crippen molar-refractivity contribution in [2.24, 2.45) is 16.1 Å². The summed E-state index contributed by atoms with van der Waals surface area (Å²) in [6.07, 6.45) is 4.47. The molecular formula is C15H13N5O4. The van der Waals surface area contributed by atoms with Crippen molar-refractivity contribution < 1.29 is 9.85 Å². The van der Waals surface area contributed by atoms with Gasteiger partial charge in [0.15, 0.2) is 0 Å². The number of nitro groups is 2. The Labute approximate surface area is 136 Å². The first-order valence-electron chi connectivity index (χ1n) is 7.07. The minimum absolute atomic E-state index is 0.00563. The van der Waals surface area contributed by atoms with Gasteiger partial charge in [0.25, 0.3) is 11.4 Å². The Kier molecular flexibility index (Phi) is 3.68. The van der Waals surface area contributed by atoms with Crippen LogP contribution in [0.1, 0.15) is 5.56 Å². The first-order chi connectivity index (χ1) is 11.4. The summed E-state index contributed by atoms with van der Waals surface area (Å²) in [7, 11) is 1.75. The molecule has 0 bridgehead atoms. The predicted molar refractivity (Wildman–Crippen MR) is 88.8 cm³/mol. The van der Waals surface area contributed by atoms with Gasteiger partial charge in [0.2, 0.25) is 0 Å². The molecule has 1 aromatic rings. The van der Waals surface area contributed by atoms with Gasteiger partial charge in [0, 0.05) is 37.0 Å². The van der Waals surface area contributed by atoms with E-state index in [0.717, 1.165) is 5.69 Å². The van der Waals surface area contributed by atoms with Crippen LogP contribution in [0.5, 0.6) is 0 Å². The molecule has 24 heavy (non-hydrogen) atoms. The quantitative estimate of drug-likeness (QED) is 0.625. The van der Waals surface area contributed by atoms with Gasteiger partial charge in [-0.05, 0) is 24.6 Å². The van der Waals surface area contributed by atoms with Crippen LogP contribution in [0.25, 0.3) is 0 Å². The second-order valence-electron chi connectivity index (χ2n) is 5.43. The number of allylic oxidation sites excluding steroid dienone is 2. The molecule has 1 aromatic carbocycles. The van der Waals surface area contributed by atoms with E-state index in [0.29, 0.717) is 17.1 Å². The molecule has 9 heteroatoms. The number of fused-ring (bicyclic) bond motifs is 1. The lowest BCUT2D eigenvalue weighted by molar-refractivity contribution is -0.419. The summed E-state index contributed by atoms with van der Waals surface area (Å²) >= 11 is 0. The Morgan fingerprint density at radius 3 is 2.50 bits per heavy atom. The molecule has 0 fully saturated rings. The Bertz CT molecular complexity index is 869. The van der Waals surface area contributed by atoms with Gasteiger partial charge in [-0.3, -0.25) is 20.2 Å². The van der Waals surface area contributed by atoms with E-state index in [9.17, 15) is 20.2 Å². The number of rotatable bonds is 3. The van der Waals surface area contributed by atoms with Gasteiger partial charge in [-0.25, -0.2) is 0 Å². The minimum Gasteiger partial charge on any atom is -0.330 e. The Morgan fingerprint density at radius 2 is 1.88 bits per heavy atom. The molecule has 0 aromatic heterocycles. The number of hydrogen-bond acceptors (Lipinski definition) is 7. The van der Waals surface area contributed by atoms with Crippen molar-refractivity contribution >= 4 is 22.9 Å². The topological polar surface area (TPSA) is 114 Å². The van der Waals surface area contributed by atoms with E-state index >= 15 is 0 Å². The fraction of sp³-hybridized carbons (Fsp3) is 0.200. The van der Waals surface area contributed by atoms with Crippen molar-refractivity contribution in [3.63, 3.8) is 0 Å². The third kappa shape index (κ3) is 2.56. The highest BCUT2D eigenvalue weighted by atomic mass is 16.6. The molecule has 1 heterocycles. The number of nitro benzene ring substituents is 1. The molecule has 1 aliphatic carbocycles. The summed E-state index contributed by atoms with van der Waals surface area (Å²) in [5.74, 6) is 0.126. The van der Waals surface area contributed by atoms with Crippen LogP contribution in [-0.4, -0.2) is 28.4 Å². The third-order valence-corrected chi connectivity index (χ3v) is 3.93. The SMILES string of the molecule is Cc1cc([N+](=O)[O-])ccc1N(C)C1=NN=C2C=CC([N+](=O)[O-])=CC21. The first-order valence-corrected chi connectivity index (χ1v) is 7.07. The zero-order chi connectivity index (χ0) is 17.4. The molecule has 0 saturated heterocycles. The fourth-order valence-corrected chi connectivity index (χ4v) is 2.71. The van der Waals surface area contributed by atoms with Gasteiger partial charge < -0.3 is 4.90 Å².